The normalized spacial score (nSPS) is 11.2. The van der Waals surface area contributed by atoms with Crippen molar-refractivity contribution in [3.63, 3.8) is 0 Å². The van der Waals surface area contributed by atoms with Gasteiger partial charge in [-0.3, -0.25) is 18.7 Å². The third kappa shape index (κ3) is 5.33. The first-order valence-corrected chi connectivity index (χ1v) is 14.3. The monoisotopic (exact) mass is 538 g/mol. The van der Waals surface area contributed by atoms with Crippen LogP contribution in [0.3, 0.4) is 0 Å². The molecule has 0 saturated heterocycles. The molecule has 6 nitrogen and oxygen atoms in total. The van der Waals surface area contributed by atoms with E-state index < -0.39 is 0 Å². The van der Waals surface area contributed by atoms with Crippen molar-refractivity contribution in [1.82, 2.24) is 19.0 Å². The van der Waals surface area contributed by atoms with Crippen LogP contribution in [0.2, 0.25) is 0 Å². The van der Waals surface area contributed by atoms with Crippen molar-refractivity contribution in [1.29, 1.82) is 0 Å². The molecule has 0 spiro atoms. The number of fused-ring (bicyclic) bond motifs is 1. The van der Waals surface area contributed by atoms with E-state index in [2.05, 4.69) is 26.8 Å². The van der Waals surface area contributed by atoms with E-state index in [1.165, 1.54) is 28.7 Å². The lowest BCUT2D eigenvalue weighted by Crippen LogP contribution is -2.33. The van der Waals surface area contributed by atoms with Crippen LogP contribution in [0.25, 0.3) is 21.7 Å². The molecule has 4 rings (SSSR count). The van der Waals surface area contributed by atoms with Gasteiger partial charge in [-0.2, -0.15) is 0 Å². The second kappa shape index (κ2) is 11.5. The topological polar surface area (TPSA) is 60.1 Å². The Bertz CT molecular complexity index is 1510. The van der Waals surface area contributed by atoms with Gasteiger partial charge in [0.05, 0.1) is 11.4 Å². The van der Waals surface area contributed by atoms with E-state index in [0.717, 1.165) is 30.6 Å². The zero-order valence-electron chi connectivity index (χ0n) is 21.0. The Morgan fingerprint density at radius 1 is 1.06 bits per heavy atom. The maximum absolute atomic E-state index is 13.8. The number of aryl methyl sites for hydroxylation is 2. The quantitative estimate of drug-likeness (QED) is 0.142. The zero-order valence-corrected chi connectivity index (χ0v) is 23.4. The molecule has 2 aromatic carbocycles. The first-order valence-electron chi connectivity index (χ1n) is 12.1. The molecule has 0 saturated carbocycles. The van der Waals surface area contributed by atoms with Crippen molar-refractivity contribution >= 4 is 51.6 Å². The lowest BCUT2D eigenvalue weighted by molar-refractivity contribution is -0.128. The molecule has 4 aromatic rings. The SMILES string of the molecule is CCCCN(CC)C(=O)CSc1nc2c(sc(=S)n2-c2ccc(C)c(C)c2)c(=O)n1-c1ccccc1. The number of unbranched alkanes of at least 4 members (excludes halogenated alkanes) is 1. The Kier molecular flexibility index (Phi) is 8.43. The summed E-state index contributed by atoms with van der Waals surface area (Å²) < 4.78 is 4.52. The first-order chi connectivity index (χ1) is 17.3. The summed E-state index contributed by atoms with van der Waals surface area (Å²) in [6.45, 7) is 9.62. The van der Waals surface area contributed by atoms with Gasteiger partial charge in [-0.1, -0.05) is 60.7 Å². The van der Waals surface area contributed by atoms with Crippen molar-refractivity contribution in [2.24, 2.45) is 0 Å². The number of para-hydroxylation sites is 1. The van der Waals surface area contributed by atoms with Crippen molar-refractivity contribution in [3.8, 4) is 11.4 Å². The van der Waals surface area contributed by atoms with E-state index in [0.29, 0.717) is 31.7 Å². The summed E-state index contributed by atoms with van der Waals surface area (Å²) in [5.74, 6) is 0.248. The fourth-order valence-corrected chi connectivity index (χ4v) is 6.17. The molecule has 0 atom stereocenters. The Morgan fingerprint density at radius 2 is 1.81 bits per heavy atom. The van der Waals surface area contributed by atoms with Crippen LogP contribution in [0.15, 0.2) is 58.5 Å². The Balaban J connectivity index is 1.85. The summed E-state index contributed by atoms with van der Waals surface area (Å²) in [5.41, 5.74) is 4.25. The second-order valence-electron chi connectivity index (χ2n) is 8.61. The fourth-order valence-electron chi connectivity index (χ4n) is 3.96. The van der Waals surface area contributed by atoms with Gasteiger partial charge in [0, 0.05) is 18.8 Å². The molecule has 0 unspecified atom stereocenters. The highest BCUT2D eigenvalue weighted by molar-refractivity contribution is 7.99. The van der Waals surface area contributed by atoms with E-state index >= 15 is 0 Å². The minimum absolute atomic E-state index is 0.0428. The first kappa shape index (κ1) is 26.3. The molecule has 36 heavy (non-hydrogen) atoms. The summed E-state index contributed by atoms with van der Waals surface area (Å²) in [5, 5.41) is 0.476. The van der Waals surface area contributed by atoms with Gasteiger partial charge in [0.1, 0.15) is 4.70 Å². The van der Waals surface area contributed by atoms with Crippen LogP contribution in [0, 0.1) is 17.8 Å². The summed E-state index contributed by atoms with van der Waals surface area (Å²) in [6, 6.07) is 15.5. The maximum Gasteiger partial charge on any atom is 0.278 e. The van der Waals surface area contributed by atoms with Crippen LogP contribution < -0.4 is 5.56 Å². The van der Waals surface area contributed by atoms with Crippen molar-refractivity contribution in [2.45, 2.75) is 45.7 Å². The summed E-state index contributed by atoms with van der Waals surface area (Å²) in [7, 11) is 0. The molecule has 0 radical (unpaired) electrons. The van der Waals surface area contributed by atoms with Gasteiger partial charge in [-0.15, -0.1) is 0 Å². The minimum atomic E-state index is -0.182. The predicted octanol–water partition coefficient (Wildman–Crippen LogP) is 6.32. The standard InChI is InChI=1S/C27H30N4O2S3/c1-5-7-15-29(6-2)22(32)17-35-26-28-24-23(25(33)31(26)20-11-9-8-10-12-20)36-27(34)30(24)21-14-13-18(3)19(4)16-21/h8-14,16H,5-7,15,17H2,1-4H3. The van der Waals surface area contributed by atoms with E-state index in [9.17, 15) is 9.59 Å². The number of aromatic nitrogens is 3. The molecule has 2 heterocycles. The second-order valence-corrected chi connectivity index (χ2v) is 11.2. The molecule has 2 aromatic heterocycles. The molecule has 0 bridgehead atoms. The number of carbonyl (C=O) groups excluding carboxylic acids is 1. The van der Waals surface area contributed by atoms with Crippen LogP contribution >= 0.6 is 35.3 Å². The zero-order chi connectivity index (χ0) is 25.8. The highest BCUT2D eigenvalue weighted by atomic mass is 32.2. The van der Waals surface area contributed by atoms with Crippen LogP contribution in [0.5, 0.6) is 0 Å². The molecule has 9 heteroatoms. The Hall–Kier alpha value is -2.75. The highest BCUT2D eigenvalue weighted by Crippen LogP contribution is 2.28. The van der Waals surface area contributed by atoms with Crippen LogP contribution in [-0.2, 0) is 4.79 Å². The third-order valence-corrected chi connectivity index (χ3v) is 8.46. The fraction of sp³-hybridized carbons (Fsp3) is 0.333. The minimum Gasteiger partial charge on any atom is -0.342 e. The van der Waals surface area contributed by atoms with Crippen molar-refractivity contribution in [3.05, 3.63) is 74.0 Å². The Morgan fingerprint density at radius 3 is 2.47 bits per heavy atom. The number of rotatable bonds is 9. The number of benzene rings is 2. The lowest BCUT2D eigenvalue weighted by atomic mass is 10.1. The number of thiazole rings is 1. The number of nitrogens with zero attached hydrogens (tertiary/aromatic N) is 4. The molecule has 188 valence electrons. The smallest absolute Gasteiger partial charge is 0.278 e. The average molecular weight is 539 g/mol. The van der Waals surface area contributed by atoms with E-state index in [1.807, 2.05) is 58.9 Å². The van der Waals surface area contributed by atoms with E-state index in [4.69, 9.17) is 17.2 Å². The number of hydrogen-bond acceptors (Lipinski definition) is 6. The van der Waals surface area contributed by atoms with Crippen LogP contribution in [-0.4, -0.2) is 43.8 Å². The summed E-state index contributed by atoms with van der Waals surface area (Å²) in [6.07, 6.45) is 2.00. The molecule has 0 fully saturated rings. The molecule has 0 aliphatic heterocycles. The van der Waals surface area contributed by atoms with Gasteiger partial charge in [0.2, 0.25) is 5.91 Å². The van der Waals surface area contributed by atoms with Crippen molar-refractivity contribution < 1.29 is 4.79 Å². The molecule has 0 aliphatic rings. The van der Waals surface area contributed by atoms with Gasteiger partial charge in [0.15, 0.2) is 14.8 Å². The largest absolute Gasteiger partial charge is 0.342 e. The number of amides is 1. The maximum atomic E-state index is 13.8. The number of thioether (sulfide) groups is 1. The molecular formula is C27H30N4O2S3. The van der Waals surface area contributed by atoms with Gasteiger partial charge in [0.25, 0.3) is 5.56 Å². The number of hydrogen-bond donors (Lipinski definition) is 0. The summed E-state index contributed by atoms with van der Waals surface area (Å²) in [4.78, 5) is 33.6. The molecule has 0 N–H and O–H groups in total. The average Bonchev–Trinajstić information content (AvgIpc) is 3.21. The van der Waals surface area contributed by atoms with Crippen molar-refractivity contribution in [2.75, 3.05) is 18.8 Å². The van der Waals surface area contributed by atoms with Gasteiger partial charge >= 0.3 is 0 Å². The summed E-state index contributed by atoms with van der Waals surface area (Å²) >= 11 is 8.26. The van der Waals surface area contributed by atoms with E-state index in [1.54, 1.807) is 4.57 Å². The highest BCUT2D eigenvalue weighted by Gasteiger charge is 2.21. The lowest BCUT2D eigenvalue weighted by Gasteiger charge is -2.20. The van der Waals surface area contributed by atoms with Crippen LogP contribution in [0.4, 0.5) is 0 Å². The van der Waals surface area contributed by atoms with Gasteiger partial charge < -0.3 is 4.90 Å². The Labute approximate surface area is 224 Å². The van der Waals surface area contributed by atoms with E-state index in [-0.39, 0.29) is 17.2 Å². The van der Waals surface area contributed by atoms with Gasteiger partial charge in [-0.25, -0.2) is 4.98 Å². The van der Waals surface area contributed by atoms with Crippen LogP contribution in [0.1, 0.15) is 37.8 Å². The molecule has 1 amide bonds. The third-order valence-electron chi connectivity index (χ3n) is 6.18. The van der Waals surface area contributed by atoms with Gasteiger partial charge in [-0.05, 0) is 74.8 Å². The molecule has 0 aliphatic carbocycles. The molecular weight excluding hydrogens is 509 g/mol. The predicted molar refractivity (Wildman–Crippen MR) is 153 cm³/mol. The number of carbonyl (C=O) groups is 1.